The normalized spacial score (nSPS) is 11.5. The van der Waals surface area contributed by atoms with Crippen LogP contribution in [0.4, 0.5) is 22.0 Å². The van der Waals surface area contributed by atoms with E-state index in [1.165, 1.54) is 0 Å². The zero-order valence-electron chi connectivity index (χ0n) is 9.91. The highest BCUT2D eigenvalue weighted by molar-refractivity contribution is 7.87. The predicted octanol–water partition coefficient (Wildman–Crippen LogP) is 3.15. The Morgan fingerprint density at radius 3 is 1.90 bits per heavy atom. The van der Waals surface area contributed by atoms with Gasteiger partial charge in [-0.15, -0.1) is 0 Å². The van der Waals surface area contributed by atoms with Gasteiger partial charge in [0.1, 0.15) is 16.5 Å². The van der Waals surface area contributed by atoms with Gasteiger partial charge in [0, 0.05) is 18.2 Å². The molecule has 2 aromatic carbocycles. The van der Waals surface area contributed by atoms with E-state index in [2.05, 4.69) is 4.18 Å². The molecule has 0 N–H and O–H groups in total. The van der Waals surface area contributed by atoms with Crippen LogP contribution in [0, 0.1) is 29.1 Å². The number of hydrogen-bond donors (Lipinski definition) is 0. The molecule has 0 amide bonds. The fraction of sp³-hybridized carbons (Fsp3) is 0. The van der Waals surface area contributed by atoms with Crippen molar-refractivity contribution in [3.63, 3.8) is 0 Å². The molecule has 0 atom stereocenters. The third-order valence-electron chi connectivity index (χ3n) is 2.34. The third-order valence-corrected chi connectivity index (χ3v) is 3.60. The van der Waals surface area contributed by atoms with Gasteiger partial charge in [-0.05, 0) is 12.1 Å². The number of rotatable bonds is 3. The van der Waals surface area contributed by atoms with Gasteiger partial charge >= 0.3 is 10.1 Å². The minimum Gasteiger partial charge on any atom is -0.379 e. The molecule has 0 fully saturated rings. The molecule has 0 bridgehead atoms. The second-order valence-electron chi connectivity index (χ2n) is 3.81. The lowest BCUT2D eigenvalue weighted by atomic mass is 10.3. The van der Waals surface area contributed by atoms with Crippen LogP contribution in [0.2, 0.25) is 0 Å². The topological polar surface area (TPSA) is 43.4 Å². The summed E-state index contributed by atoms with van der Waals surface area (Å²) in [4.78, 5) is -1.27. The first-order chi connectivity index (χ1) is 9.70. The second-order valence-corrected chi connectivity index (χ2v) is 5.32. The Bertz CT molecular complexity index is 805. The van der Waals surface area contributed by atoms with Crippen molar-refractivity contribution in [1.82, 2.24) is 0 Å². The van der Waals surface area contributed by atoms with E-state index in [-0.39, 0.29) is 12.1 Å². The van der Waals surface area contributed by atoms with Crippen LogP contribution in [0.3, 0.4) is 0 Å². The van der Waals surface area contributed by atoms with Gasteiger partial charge in [0.05, 0.1) is 0 Å². The summed E-state index contributed by atoms with van der Waals surface area (Å²) in [6.07, 6.45) is 0. The van der Waals surface area contributed by atoms with Crippen molar-refractivity contribution < 1.29 is 34.6 Å². The Hall–Kier alpha value is -2.16. The summed E-state index contributed by atoms with van der Waals surface area (Å²) in [7, 11) is -4.88. The maximum absolute atomic E-state index is 13.4. The summed E-state index contributed by atoms with van der Waals surface area (Å²) < 4.78 is 92.4. The molecule has 0 radical (unpaired) electrons. The molecule has 0 aliphatic rings. The van der Waals surface area contributed by atoms with Gasteiger partial charge in [-0.1, -0.05) is 0 Å². The molecule has 0 aliphatic heterocycles. The Kier molecular flexibility index (Phi) is 3.86. The van der Waals surface area contributed by atoms with E-state index in [0.29, 0.717) is 12.1 Å². The molecule has 0 heterocycles. The molecule has 9 heteroatoms. The molecular formula is C12H5F5O3S. The predicted molar refractivity (Wildman–Crippen MR) is 60.5 cm³/mol. The van der Waals surface area contributed by atoms with E-state index >= 15 is 0 Å². The maximum atomic E-state index is 13.4. The molecule has 21 heavy (non-hydrogen) atoms. The van der Waals surface area contributed by atoms with Crippen molar-refractivity contribution in [3.8, 4) is 5.75 Å². The van der Waals surface area contributed by atoms with E-state index in [1.54, 1.807) is 0 Å². The fourth-order valence-corrected chi connectivity index (χ4v) is 2.39. The largest absolute Gasteiger partial charge is 0.379 e. The van der Waals surface area contributed by atoms with Crippen LogP contribution >= 0.6 is 0 Å². The summed E-state index contributed by atoms with van der Waals surface area (Å²) in [5.41, 5.74) is 0. The number of hydrogen-bond acceptors (Lipinski definition) is 3. The fourth-order valence-electron chi connectivity index (χ4n) is 1.40. The lowest BCUT2D eigenvalue weighted by molar-refractivity contribution is 0.455. The lowest BCUT2D eigenvalue weighted by Crippen LogP contribution is -2.13. The van der Waals surface area contributed by atoms with Crippen LogP contribution in [0.1, 0.15) is 0 Å². The lowest BCUT2D eigenvalue weighted by Gasteiger charge is -2.08. The molecule has 112 valence electrons. The zero-order valence-corrected chi connectivity index (χ0v) is 10.7. The summed E-state index contributed by atoms with van der Waals surface area (Å²) in [6, 6.07) is 1.87. The minimum absolute atomic E-state index is 0.0246. The van der Waals surface area contributed by atoms with Crippen molar-refractivity contribution >= 4 is 10.1 Å². The van der Waals surface area contributed by atoms with Crippen molar-refractivity contribution in [2.75, 3.05) is 0 Å². The Morgan fingerprint density at radius 1 is 0.714 bits per heavy atom. The minimum atomic E-state index is -4.88. The monoisotopic (exact) mass is 324 g/mol. The molecule has 0 aromatic heterocycles. The molecule has 0 saturated heterocycles. The molecule has 2 rings (SSSR count). The molecule has 0 spiro atoms. The highest BCUT2D eigenvalue weighted by Crippen LogP contribution is 2.24. The van der Waals surface area contributed by atoms with E-state index < -0.39 is 49.8 Å². The first-order valence-electron chi connectivity index (χ1n) is 5.25. The van der Waals surface area contributed by atoms with Gasteiger partial charge in [0.15, 0.2) is 23.3 Å². The van der Waals surface area contributed by atoms with Crippen molar-refractivity contribution in [3.05, 3.63) is 59.4 Å². The van der Waals surface area contributed by atoms with Crippen LogP contribution in [0.5, 0.6) is 5.75 Å². The summed E-state index contributed by atoms with van der Waals surface area (Å²) >= 11 is 0. The van der Waals surface area contributed by atoms with Gasteiger partial charge < -0.3 is 4.18 Å². The van der Waals surface area contributed by atoms with E-state index in [9.17, 15) is 30.4 Å². The van der Waals surface area contributed by atoms with Crippen LogP contribution in [0.15, 0.2) is 35.2 Å². The summed E-state index contributed by atoms with van der Waals surface area (Å²) in [5.74, 6) is -8.08. The molecule has 0 unspecified atom stereocenters. The van der Waals surface area contributed by atoms with Gasteiger partial charge in [-0.25, -0.2) is 22.0 Å². The van der Waals surface area contributed by atoms with Crippen molar-refractivity contribution in [2.45, 2.75) is 4.90 Å². The quantitative estimate of drug-likeness (QED) is 0.495. The molecule has 2 aromatic rings. The Balaban J connectivity index is 2.43. The smallest absolute Gasteiger partial charge is 0.342 e. The van der Waals surface area contributed by atoms with Crippen LogP contribution in [-0.4, -0.2) is 8.42 Å². The van der Waals surface area contributed by atoms with Crippen molar-refractivity contribution in [2.24, 2.45) is 0 Å². The SMILES string of the molecule is O=S(=O)(Oc1ccc(F)c(F)c1)c1cc(F)c(F)cc1F. The first-order valence-corrected chi connectivity index (χ1v) is 6.65. The molecular weight excluding hydrogens is 319 g/mol. The van der Waals surface area contributed by atoms with E-state index in [4.69, 9.17) is 0 Å². The number of benzene rings is 2. The second kappa shape index (κ2) is 5.32. The molecule has 0 aliphatic carbocycles. The third kappa shape index (κ3) is 3.13. The first kappa shape index (κ1) is 15.2. The van der Waals surface area contributed by atoms with Crippen LogP contribution in [-0.2, 0) is 10.1 Å². The van der Waals surface area contributed by atoms with Crippen LogP contribution in [0.25, 0.3) is 0 Å². The highest BCUT2D eigenvalue weighted by atomic mass is 32.2. The van der Waals surface area contributed by atoms with Gasteiger partial charge in [-0.3, -0.25) is 0 Å². The van der Waals surface area contributed by atoms with Gasteiger partial charge in [-0.2, -0.15) is 8.42 Å². The number of halogens is 5. The average Bonchev–Trinajstić information content (AvgIpc) is 2.37. The van der Waals surface area contributed by atoms with Crippen molar-refractivity contribution in [1.29, 1.82) is 0 Å². The average molecular weight is 324 g/mol. The van der Waals surface area contributed by atoms with E-state index in [1.807, 2.05) is 0 Å². The van der Waals surface area contributed by atoms with Crippen LogP contribution < -0.4 is 4.18 Å². The van der Waals surface area contributed by atoms with Gasteiger partial charge in [0.2, 0.25) is 0 Å². The molecule has 3 nitrogen and oxygen atoms in total. The maximum Gasteiger partial charge on any atom is 0.342 e. The standard InChI is InChI=1S/C12H5F5O3S/c13-7-2-1-6(3-8(7)14)20-21(18,19)12-5-10(16)9(15)4-11(12)17/h1-5H. The Morgan fingerprint density at radius 2 is 1.29 bits per heavy atom. The highest BCUT2D eigenvalue weighted by Gasteiger charge is 2.24. The molecule has 0 saturated carbocycles. The zero-order chi connectivity index (χ0) is 15.8. The van der Waals surface area contributed by atoms with Gasteiger partial charge in [0.25, 0.3) is 0 Å². The van der Waals surface area contributed by atoms with E-state index in [0.717, 1.165) is 6.07 Å². The summed E-state index contributed by atoms with van der Waals surface area (Å²) in [5, 5.41) is 0. The Labute approximate surface area is 115 Å². The summed E-state index contributed by atoms with van der Waals surface area (Å²) in [6.45, 7) is 0.